The normalized spacial score (nSPS) is 10.2. The Bertz CT molecular complexity index is 602. The van der Waals surface area contributed by atoms with E-state index in [0.29, 0.717) is 5.69 Å². The molecule has 5 nitrogen and oxygen atoms in total. The molecule has 98 valence electrons. The van der Waals surface area contributed by atoms with Gasteiger partial charge in [-0.1, -0.05) is 28.1 Å². The fourth-order valence-corrected chi connectivity index (χ4v) is 1.99. The highest BCUT2D eigenvalue weighted by Crippen LogP contribution is 2.11. The van der Waals surface area contributed by atoms with E-state index in [4.69, 9.17) is 0 Å². The second-order valence-corrected chi connectivity index (χ2v) is 4.69. The van der Waals surface area contributed by atoms with E-state index >= 15 is 0 Å². The molecular weight excluding hydrogens is 310 g/mol. The van der Waals surface area contributed by atoms with Crippen molar-refractivity contribution in [3.8, 4) is 0 Å². The van der Waals surface area contributed by atoms with Crippen molar-refractivity contribution in [1.29, 1.82) is 0 Å². The summed E-state index contributed by atoms with van der Waals surface area (Å²) in [5.74, 6) is -0.357. The molecule has 19 heavy (non-hydrogen) atoms. The summed E-state index contributed by atoms with van der Waals surface area (Å²) in [4.78, 5) is 22.7. The molecule has 2 rings (SSSR count). The largest absolute Gasteiger partial charge is 0.321 e. The van der Waals surface area contributed by atoms with Gasteiger partial charge in [0.15, 0.2) is 0 Å². The number of anilines is 1. The Balaban J connectivity index is 2.06. The molecule has 1 aromatic heterocycles. The molecule has 0 atom stereocenters. The first-order valence-corrected chi connectivity index (χ1v) is 6.83. The van der Waals surface area contributed by atoms with E-state index in [-0.39, 0.29) is 17.2 Å². The van der Waals surface area contributed by atoms with Crippen molar-refractivity contribution in [3.63, 3.8) is 0 Å². The second kappa shape index (κ2) is 6.29. The average molecular weight is 322 g/mol. The van der Waals surface area contributed by atoms with Gasteiger partial charge >= 0.3 is 0 Å². The van der Waals surface area contributed by atoms with Gasteiger partial charge in [0.1, 0.15) is 5.69 Å². The van der Waals surface area contributed by atoms with E-state index in [1.807, 2.05) is 24.3 Å². The summed E-state index contributed by atoms with van der Waals surface area (Å²) in [5.41, 5.74) is 1.72. The lowest BCUT2D eigenvalue weighted by Gasteiger charge is -2.05. The van der Waals surface area contributed by atoms with Gasteiger partial charge in [-0.15, -0.1) is 0 Å². The van der Waals surface area contributed by atoms with Crippen molar-refractivity contribution in [2.75, 3.05) is 10.6 Å². The highest BCUT2D eigenvalue weighted by atomic mass is 79.9. The molecule has 0 spiro atoms. The SMILES string of the molecule is O=C(Nc1ccc(CCBr)cc1)c1ccc(=O)[nH]n1. The zero-order chi connectivity index (χ0) is 13.7. The Morgan fingerprint density at radius 1 is 1.21 bits per heavy atom. The van der Waals surface area contributed by atoms with Gasteiger partial charge < -0.3 is 5.32 Å². The molecule has 1 amide bonds. The Labute approximate surface area is 118 Å². The third-order valence-electron chi connectivity index (χ3n) is 2.51. The number of rotatable bonds is 4. The maximum absolute atomic E-state index is 11.8. The molecule has 1 heterocycles. The number of halogens is 1. The molecule has 0 aliphatic rings. The van der Waals surface area contributed by atoms with Crippen molar-refractivity contribution in [3.05, 3.63) is 58.0 Å². The van der Waals surface area contributed by atoms with Crippen LogP contribution in [0.15, 0.2) is 41.2 Å². The van der Waals surface area contributed by atoms with Crippen LogP contribution < -0.4 is 10.9 Å². The van der Waals surface area contributed by atoms with E-state index < -0.39 is 0 Å². The molecule has 2 N–H and O–H groups in total. The zero-order valence-corrected chi connectivity index (χ0v) is 11.6. The van der Waals surface area contributed by atoms with Crippen LogP contribution in [0.1, 0.15) is 16.1 Å². The van der Waals surface area contributed by atoms with Gasteiger partial charge in [-0.3, -0.25) is 9.59 Å². The van der Waals surface area contributed by atoms with Gasteiger partial charge in [0, 0.05) is 17.1 Å². The molecule has 0 aliphatic carbocycles. The minimum Gasteiger partial charge on any atom is -0.321 e. The first kappa shape index (κ1) is 13.5. The number of nitrogens with zero attached hydrogens (tertiary/aromatic N) is 1. The standard InChI is InChI=1S/C13H12BrN3O2/c14-8-7-9-1-3-10(4-2-9)15-13(19)11-5-6-12(18)17-16-11/h1-6H,7-8H2,(H,15,19)(H,17,18). The second-order valence-electron chi connectivity index (χ2n) is 3.90. The average Bonchev–Trinajstić information content (AvgIpc) is 2.42. The van der Waals surface area contributed by atoms with Crippen molar-refractivity contribution in [1.82, 2.24) is 10.2 Å². The van der Waals surface area contributed by atoms with Crippen molar-refractivity contribution < 1.29 is 4.79 Å². The van der Waals surface area contributed by atoms with Crippen LogP contribution in [0.2, 0.25) is 0 Å². The van der Waals surface area contributed by atoms with E-state index in [1.54, 1.807) is 0 Å². The minimum absolute atomic E-state index is 0.170. The summed E-state index contributed by atoms with van der Waals surface area (Å²) < 4.78 is 0. The monoisotopic (exact) mass is 321 g/mol. The highest BCUT2D eigenvalue weighted by Gasteiger charge is 2.07. The number of carbonyl (C=O) groups excluding carboxylic acids is 1. The van der Waals surface area contributed by atoms with E-state index in [2.05, 4.69) is 31.4 Å². The smallest absolute Gasteiger partial charge is 0.276 e. The summed E-state index contributed by atoms with van der Waals surface area (Å²) in [6, 6.07) is 10.2. The number of benzene rings is 1. The van der Waals surface area contributed by atoms with Crippen molar-refractivity contribution in [2.24, 2.45) is 0 Å². The highest BCUT2D eigenvalue weighted by molar-refractivity contribution is 9.09. The molecule has 0 saturated carbocycles. The third kappa shape index (κ3) is 3.75. The van der Waals surface area contributed by atoms with Gasteiger partial charge in [0.2, 0.25) is 0 Å². The third-order valence-corrected chi connectivity index (χ3v) is 2.90. The number of nitrogens with one attached hydrogen (secondary N) is 2. The number of hydrogen-bond acceptors (Lipinski definition) is 3. The summed E-state index contributed by atoms with van der Waals surface area (Å²) in [6.07, 6.45) is 0.940. The number of aromatic amines is 1. The molecule has 0 saturated heterocycles. The quantitative estimate of drug-likeness (QED) is 0.845. The molecule has 0 radical (unpaired) electrons. The van der Waals surface area contributed by atoms with E-state index in [0.717, 1.165) is 11.8 Å². The molecule has 1 aromatic carbocycles. The van der Waals surface area contributed by atoms with Crippen LogP contribution >= 0.6 is 15.9 Å². The van der Waals surface area contributed by atoms with Crippen LogP contribution in [0, 0.1) is 0 Å². The topological polar surface area (TPSA) is 74.8 Å². The van der Waals surface area contributed by atoms with Crippen LogP contribution in [0.3, 0.4) is 0 Å². The van der Waals surface area contributed by atoms with Crippen LogP contribution in [-0.4, -0.2) is 21.4 Å². The number of alkyl halides is 1. The van der Waals surface area contributed by atoms with Crippen molar-refractivity contribution in [2.45, 2.75) is 6.42 Å². The number of hydrogen-bond donors (Lipinski definition) is 2. The lowest BCUT2D eigenvalue weighted by atomic mass is 10.1. The van der Waals surface area contributed by atoms with Crippen LogP contribution in [0.4, 0.5) is 5.69 Å². The Kier molecular flexibility index (Phi) is 4.46. The van der Waals surface area contributed by atoms with Gasteiger partial charge in [-0.2, -0.15) is 5.10 Å². The summed E-state index contributed by atoms with van der Waals surface area (Å²) in [7, 11) is 0. The number of H-pyrrole nitrogens is 1. The molecule has 6 heteroatoms. The predicted molar refractivity (Wildman–Crippen MR) is 76.8 cm³/mol. The predicted octanol–water partition coefficient (Wildman–Crippen LogP) is 1.96. The van der Waals surface area contributed by atoms with E-state index in [9.17, 15) is 9.59 Å². The maximum Gasteiger partial charge on any atom is 0.276 e. The molecule has 0 fully saturated rings. The Morgan fingerprint density at radius 2 is 1.95 bits per heavy atom. The lowest BCUT2D eigenvalue weighted by molar-refractivity contribution is 0.102. The molecular formula is C13H12BrN3O2. The van der Waals surface area contributed by atoms with Gasteiger partial charge in [0.25, 0.3) is 11.5 Å². The maximum atomic E-state index is 11.8. The summed E-state index contributed by atoms with van der Waals surface area (Å²) in [5, 5.41) is 9.50. The molecule has 0 aliphatic heterocycles. The van der Waals surface area contributed by atoms with E-state index in [1.165, 1.54) is 17.7 Å². The minimum atomic E-state index is -0.357. The van der Waals surface area contributed by atoms with Crippen LogP contribution in [0.25, 0.3) is 0 Å². The number of aryl methyl sites for hydroxylation is 1. The molecule has 2 aromatic rings. The zero-order valence-electron chi connectivity index (χ0n) is 10.0. The first-order chi connectivity index (χ1) is 9.19. The Hall–Kier alpha value is -1.95. The van der Waals surface area contributed by atoms with Crippen molar-refractivity contribution >= 4 is 27.5 Å². The fraction of sp³-hybridized carbons (Fsp3) is 0.154. The molecule has 0 unspecified atom stereocenters. The fourth-order valence-electron chi connectivity index (χ4n) is 1.53. The Morgan fingerprint density at radius 3 is 2.53 bits per heavy atom. The van der Waals surface area contributed by atoms with Gasteiger partial charge in [0.05, 0.1) is 0 Å². The lowest BCUT2D eigenvalue weighted by Crippen LogP contribution is -2.17. The molecule has 0 bridgehead atoms. The van der Waals surface area contributed by atoms with Crippen LogP contribution in [0.5, 0.6) is 0 Å². The first-order valence-electron chi connectivity index (χ1n) is 5.71. The van der Waals surface area contributed by atoms with Gasteiger partial charge in [-0.25, -0.2) is 5.10 Å². The number of carbonyl (C=O) groups is 1. The summed E-state index contributed by atoms with van der Waals surface area (Å²) >= 11 is 3.37. The number of aromatic nitrogens is 2. The van der Waals surface area contributed by atoms with Gasteiger partial charge in [-0.05, 0) is 30.2 Å². The number of amides is 1. The van der Waals surface area contributed by atoms with Crippen LogP contribution in [-0.2, 0) is 6.42 Å². The summed E-state index contributed by atoms with van der Waals surface area (Å²) in [6.45, 7) is 0.